The van der Waals surface area contributed by atoms with Crippen LogP contribution < -0.4 is 10.6 Å². The number of hydrogen-bond donors (Lipinski definition) is 3. The van der Waals surface area contributed by atoms with Gasteiger partial charge in [-0.05, 0) is 29.2 Å². The number of ketones is 1. The summed E-state index contributed by atoms with van der Waals surface area (Å²) >= 11 is 0. The molecule has 3 rings (SSSR count). The third-order valence-corrected chi connectivity index (χ3v) is 5.07. The fraction of sp³-hybridized carbons (Fsp3) is 0.217. The van der Waals surface area contributed by atoms with Gasteiger partial charge in [0.25, 0.3) is 5.91 Å². The number of nitrogens with one attached hydrogen (secondary N) is 2. The molecule has 0 aromatic heterocycles. The Balaban J connectivity index is 0.00000363. The minimum absolute atomic E-state index is 0. The second kappa shape index (κ2) is 11.1. The topological polar surface area (TPSA) is 116 Å². The quantitative estimate of drug-likeness (QED) is 0.463. The van der Waals surface area contributed by atoms with E-state index in [1.165, 1.54) is 24.2 Å². The van der Waals surface area contributed by atoms with Crippen LogP contribution in [0.15, 0.2) is 60.8 Å². The Morgan fingerprint density at radius 2 is 1.75 bits per heavy atom. The fourth-order valence-electron chi connectivity index (χ4n) is 3.36. The number of rotatable bonds is 6. The van der Waals surface area contributed by atoms with E-state index in [0.29, 0.717) is 5.56 Å². The normalized spacial score (nSPS) is 16.2. The first-order chi connectivity index (χ1) is 14.8. The molecule has 1 heterocycles. The van der Waals surface area contributed by atoms with E-state index in [2.05, 4.69) is 10.6 Å². The van der Waals surface area contributed by atoms with Crippen molar-refractivity contribution in [2.75, 3.05) is 7.05 Å². The molecule has 3 N–H and O–H groups in total. The first kappa shape index (κ1) is 25.3. The van der Waals surface area contributed by atoms with Crippen molar-refractivity contribution in [2.24, 2.45) is 0 Å². The van der Waals surface area contributed by atoms with Crippen molar-refractivity contribution in [3.05, 3.63) is 71.9 Å². The van der Waals surface area contributed by atoms with Crippen LogP contribution in [-0.2, 0) is 14.4 Å². The molecule has 0 bridgehead atoms. The van der Waals surface area contributed by atoms with E-state index < -0.39 is 35.8 Å². The van der Waals surface area contributed by atoms with Crippen LogP contribution in [0.2, 0.25) is 0 Å². The van der Waals surface area contributed by atoms with E-state index in [-0.39, 0.29) is 36.0 Å². The van der Waals surface area contributed by atoms with Crippen molar-refractivity contribution < 1.29 is 24.3 Å². The molecule has 0 saturated carbocycles. The van der Waals surface area contributed by atoms with Gasteiger partial charge in [-0.25, -0.2) is 4.79 Å². The SMILES string of the molecule is Cc1ccccc1-c1ccc(C(CC(=O)O)NC(=O)NC2C(=O)C=CN(C)C2=O)cc1.[NaH]. The zero-order valence-corrected chi connectivity index (χ0v) is 17.2. The number of carboxylic acids is 1. The molecule has 32 heavy (non-hydrogen) atoms. The number of hydrogen-bond acceptors (Lipinski definition) is 4. The molecular weight excluding hydrogens is 421 g/mol. The molecular formula is C23H24N3NaO5. The third kappa shape index (κ3) is 6.06. The Bertz CT molecular complexity index is 1050. The Morgan fingerprint density at radius 3 is 2.38 bits per heavy atom. The molecule has 2 aromatic carbocycles. The second-order valence-corrected chi connectivity index (χ2v) is 7.31. The van der Waals surface area contributed by atoms with E-state index in [9.17, 15) is 24.3 Å². The number of carbonyl (C=O) groups is 4. The van der Waals surface area contributed by atoms with Gasteiger partial charge >= 0.3 is 41.6 Å². The van der Waals surface area contributed by atoms with E-state index in [0.717, 1.165) is 16.7 Å². The van der Waals surface area contributed by atoms with Gasteiger partial charge in [-0.3, -0.25) is 14.4 Å². The van der Waals surface area contributed by atoms with Crippen LogP contribution in [0.1, 0.15) is 23.6 Å². The van der Waals surface area contributed by atoms with Gasteiger partial charge in [0.05, 0.1) is 12.5 Å². The molecule has 9 heteroatoms. The van der Waals surface area contributed by atoms with Crippen LogP contribution in [0.25, 0.3) is 11.1 Å². The molecule has 0 saturated heterocycles. The number of carbonyl (C=O) groups excluding carboxylic acids is 3. The molecule has 0 fully saturated rings. The Kier molecular flexibility index (Phi) is 8.77. The Morgan fingerprint density at radius 1 is 1.09 bits per heavy atom. The number of nitrogens with zero attached hydrogens (tertiary/aromatic N) is 1. The van der Waals surface area contributed by atoms with E-state index in [4.69, 9.17) is 0 Å². The summed E-state index contributed by atoms with van der Waals surface area (Å²) in [7, 11) is 1.47. The predicted octanol–water partition coefficient (Wildman–Crippen LogP) is 1.75. The number of aliphatic carboxylic acids is 1. The van der Waals surface area contributed by atoms with Crippen LogP contribution in [-0.4, -0.2) is 76.3 Å². The van der Waals surface area contributed by atoms with Crippen LogP contribution in [0, 0.1) is 6.92 Å². The molecule has 3 amide bonds. The number of aryl methyl sites for hydroxylation is 1. The molecule has 2 aromatic rings. The van der Waals surface area contributed by atoms with E-state index in [1.807, 2.05) is 43.3 Å². The van der Waals surface area contributed by atoms with Crippen LogP contribution in [0.5, 0.6) is 0 Å². The van der Waals surface area contributed by atoms with Gasteiger partial charge in [0.15, 0.2) is 11.8 Å². The van der Waals surface area contributed by atoms with Gasteiger partial charge in [0.1, 0.15) is 0 Å². The number of likely N-dealkylation sites (N-methyl/N-ethyl adjacent to an activating group) is 1. The van der Waals surface area contributed by atoms with Crippen molar-refractivity contribution in [1.82, 2.24) is 15.5 Å². The molecule has 2 atom stereocenters. The minimum atomic E-state index is -1.34. The summed E-state index contributed by atoms with van der Waals surface area (Å²) in [4.78, 5) is 49.1. The van der Waals surface area contributed by atoms with Crippen molar-refractivity contribution >= 4 is 53.2 Å². The summed E-state index contributed by atoms with van der Waals surface area (Å²) in [5, 5.41) is 14.2. The molecule has 1 aliphatic rings. The summed E-state index contributed by atoms with van der Waals surface area (Å²) in [6.45, 7) is 2.00. The standard InChI is InChI=1S/C23H23N3O5.Na.H/c1-14-5-3-4-6-17(14)15-7-9-16(10-8-15)18(13-20(28)29)24-23(31)25-21-19(27)11-12-26(2)22(21)30;;/h3-12,18,21H,13H2,1-2H3,(H,28,29)(H2,24,25,31);;. The van der Waals surface area contributed by atoms with Crippen molar-refractivity contribution in [3.63, 3.8) is 0 Å². The third-order valence-electron chi connectivity index (χ3n) is 5.07. The van der Waals surface area contributed by atoms with Gasteiger partial charge in [0, 0.05) is 19.3 Å². The Hall–Kier alpha value is -2.94. The van der Waals surface area contributed by atoms with Crippen molar-refractivity contribution in [1.29, 1.82) is 0 Å². The summed E-state index contributed by atoms with van der Waals surface area (Å²) in [5.41, 5.74) is 3.72. The number of benzene rings is 2. The van der Waals surface area contributed by atoms with Gasteiger partial charge in [-0.2, -0.15) is 0 Å². The van der Waals surface area contributed by atoms with Crippen LogP contribution in [0.4, 0.5) is 4.79 Å². The summed E-state index contributed by atoms with van der Waals surface area (Å²) in [6, 6.07) is 12.1. The molecule has 0 aliphatic carbocycles. The summed E-state index contributed by atoms with van der Waals surface area (Å²) < 4.78 is 0. The number of urea groups is 1. The van der Waals surface area contributed by atoms with Crippen LogP contribution >= 0.6 is 0 Å². The summed E-state index contributed by atoms with van der Waals surface area (Å²) in [5.74, 6) is -2.21. The average molecular weight is 445 g/mol. The monoisotopic (exact) mass is 445 g/mol. The van der Waals surface area contributed by atoms with E-state index in [1.54, 1.807) is 12.1 Å². The maximum atomic E-state index is 12.4. The zero-order chi connectivity index (χ0) is 22.5. The molecule has 2 unspecified atom stereocenters. The first-order valence-corrected chi connectivity index (χ1v) is 9.70. The van der Waals surface area contributed by atoms with E-state index >= 15 is 0 Å². The second-order valence-electron chi connectivity index (χ2n) is 7.31. The van der Waals surface area contributed by atoms with Gasteiger partial charge in [-0.15, -0.1) is 0 Å². The van der Waals surface area contributed by atoms with Gasteiger partial charge in [-0.1, -0.05) is 48.5 Å². The van der Waals surface area contributed by atoms with Crippen molar-refractivity contribution in [2.45, 2.75) is 25.4 Å². The molecule has 8 nitrogen and oxygen atoms in total. The maximum absolute atomic E-state index is 12.4. The summed E-state index contributed by atoms with van der Waals surface area (Å²) in [6.07, 6.45) is 2.17. The average Bonchev–Trinajstić information content (AvgIpc) is 2.74. The van der Waals surface area contributed by atoms with Crippen LogP contribution in [0.3, 0.4) is 0 Å². The van der Waals surface area contributed by atoms with Crippen molar-refractivity contribution in [3.8, 4) is 11.1 Å². The Labute approximate surface area is 208 Å². The van der Waals surface area contributed by atoms with Gasteiger partial charge in [0.2, 0.25) is 0 Å². The predicted molar refractivity (Wildman–Crippen MR) is 121 cm³/mol. The molecule has 162 valence electrons. The fourth-order valence-corrected chi connectivity index (χ4v) is 3.36. The number of carboxylic acid groups (broad SMARTS) is 1. The molecule has 0 radical (unpaired) electrons. The molecule has 0 spiro atoms. The number of amides is 3. The first-order valence-electron chi connectivity index (χ1n) is 9.70. The molecule has 1 aliphatic heterocycles. The zero-order valence-electron chi connectivity index (χ0n) is 17.2. The van der Waals surface area contributed by atoms with Gasteiger partial charge < -0.3 is 20.6 Å².